The first kappa shape index (κ1) is 44.0. The van der Waals surface area contributed by atoms with Crippen LogP contribution >= 0.6 is 0 Å². The third kappa shape index (κ3) is 35.9. The van der Waals surface area contributed by atoms with E-state index in [0.717, 1.165) is 23.7 Å². The first-order valence-electron chi connectivity index (χ1n) is 16.7. The smallest absolute Gasteiger partial charge is 0.000461 e. The van der Waals surface area contributed by atoms with E-state index in [4.69, 9.17) is 0 Å². The third-order valence-electron chi connectivity index (χ3n) is 7.44. The normalized spacial score (nSPS) is 11.5. The van der Waals surface area contributed by atoms with Crippen LogP contribution in [0.15, 0.2) is 0 Å². The van der Waals surface area contributed by atoms with E-state index >= 15 is 0 Å². The van der Waals surface area contributed by atoms with Gasteiger partial charge in [0.05, 0.1) is 0 Å². The molecule has 0 heterocycles. The Hall–Kier alpha value is -0.0800. The van der Waals surface area contributed by atoms with Crippen molar-refractivity contribution in [1.82, 2.24) is 9.80 Å². The van der Waals surface area contributed by atoms with E-state index in [9.17, 15) is 0 Å². The van der Waals surface area contributed by atoms with Gasteiger partial charge in [-0.05, 0) is 68.0 Å². The highest BCUT2D eigenvalue weighted by molar-refractivity contribution is 4.67. The summed E-state index contributed by atoms with van der Waals surface area (Å²) in [5.41, 5.74) is 0.625. The molecule has 0 radical (unpaired) electrons. The molecule has 37 heavy (non-hydrogen) atoms. The van der Waals surface area contributed by atoms with Gasteiger partial charge in [-0.2, -0.15) is 0 Å². The summed E-state index contributed by atoms with van der Waals surface area (Å²) in [6.07, 6.45) is 10.5. The molecule has 0 spiro atoms. The molecule has 0 saturated heterocycles. The monoisotopic (exact) mass is 529 g/mol. The lowest BCUT2D eigenvalue weighted by Crippen LogP contribution is -2.34. The van der Waals surface area contributed by atoms with Crippen LogP contribution in [0.1, 0.15) is 162 Å². The average Bonchev–Trinajstić information content (AvgIpc) is 2.83. The standard InChI is InChI=1S/C12H27N.C9H21N.C8H18.C6H14/c1-10(2)7-13(8-11(3)4)9-12(5)6;1-4-7-10(8-5-2)9-6-3;1-5-8(4,6-2)7-3;1-4-6(3)5-2/h10-12H,7-9H2,1-6H3;4-9H2,1-3H3;5-7H2,1-4H3;6H,4-5H2,1-3H3. The first-order valence-corrected chi connectivity index (χ1v) is 16.7. The first-order chi connectivity index (χ1) is 17.2. The van der Waals surface area contributed by atoms with E-state index in [2.05, 4.69) is 121 Å². The molecule has 0 saturated carbocycles. The molecule has 0 aromatic rings. The van der Waals surface area contributed by atoms with Crippen molar-refractivity contribution in [2.45, 2.75) is 162 Å². The second-order valence-electron chi connectivity index (χ2n) is 13.0. The molecule has 0 rings (SSSR count). The Morgan fingerprint density at radius 2 is 0.730 bits per heavy atom. The van der Waals surface area contributed by atoms with E-state index in [1.807, 2.05) is 0 Å². The Bertz CT molecular complexity index is 348. The van der Waals surface area contributed by atoms with E-state index < -0.39 is 0 Å². The molecular weight excluding hydrogens is 448 g/mol. The van der Waals surface area contributed by atoms with Crippen LogP contribution in [0.4, 0.5) is 0 Å². The summed E-state index contributed by atoms with van der Waals surface area (Å²) >= 11 is 0. The van der Waals surface area contributed by atoms with Gasteiger partial charge in [-0.1, -0.05) is 143 Å². The van der Waals surface area contributed by atoms with Gasteiger partial charge >= 0.3 is 0 Å². The highest BCUT2D eigenvalue weighted by Gasteiger charge is 2.15. The lowest BCUT2D eigenvalue weighted by atomic mass is 9.82. The minimum absolute atomic E-state index is 0.625. The van der Waals surface area contributed by atoms with Crippen molar-refractivity contribution in [2.75, 3.05) is 39.3 Å². The van der Waals surface area contributed by atoms with Crippen molar-refractivity contribution >= 4 is 0 Å². The maximum atomic E-state index is 2.60. The minimum atomic E-state index is 0.625. The summed E-state index contributed by atoms with van der Waals surface area (Å²) < 4.78 is 0. The molecule has 0 atom stereocenters. The fourth-order valence-electron chi connectivity index (χ4n) is 4.10. The zero-order valence-electron chi connectivity index (χ0n) is 29.6. The second kappa shape index (κ2) is 30.5. The highest BCUT2D eigenvalue weighted by atomic mass is 15.1. The van der Waals surface area contributed by atoms with Crippen LogP contribution in [0.5, 0.6) is 0 Å². The summed E-state index contributed by atoms with van der Waals surface area (Å²) in [7, 11) is 0. The molecule has 0 aliphatic carbocycles. The molecule has 0 bridgehead atoms. The van der Waals surface area contributed by atoms with Crippen LogP contribution in [0.25, 0.3) is 0 Å². The van der Waals surface area contributed by atoms with Gasteiger partial charge in [-0.3, -0.25) is 0 Å². The maximum Gasteiger partial charge on any atom is 0.000461 e. The predicted octanol–water partition coefficient (Wildman–Crippen LogP) is 11.4. The van der Waals surface area contributed by atoms with Gasteiger partial charge in [0, 0.05) is 19.6 Å². The van der Waals surface area contributed by atoms with Gasteiger partial charge in [0.25, 0.3) is 0 Å². The molecule has 0 aromatic heterocycles. The number of rotatable bonds is 17. The van der Waals surface area contributed by atoms with Crippen molar-refractivity contribution in [2.24, 2.45) is 29.1 Å². The van der Waals surface area contributed by atoms with E-state index in [-0.39, 0.29) is 0 Å². The molecule has 0 unspecified atom stereocenters. The largest absolute Gasteiger partial charge is 0.303 e. The zero-order chi connectivity index (χ0) is 29.9. The van der Waals surface area contributed by atoms with Crippen molar-refractivity contribution in [3.8, 4) is 0 Å². The van der Waals surface area contributed by atoms with Gasteiger partial charge < -0.3 is 9.80 Å². The molecular formula is C35H80N2. The Balaban J connectivity index is -0.000000204. The topological polar surface area (TPSA) is 6.48 Å². The van der Waals surface area contributed by atoms with Crippen LogP contribution < -0.4 is 0 Å². The fraction of sp³-hybridized carbons (Fsp3) is 1.00. The molecule has 0 amide bonds. The van der Waals surface area contributed by atoms with Crippen molar-refractivity contribution in [1.29, 1.82) is 0 Å². The molecule has 2 heteroatoms. The van der Waals surface area contributed by atoms with E-state index in [0.29, 0.717) is 5.41 Å². The number of nitrogens with zero attached hydrogens (tertiary/aromatic N) is 2. The molecule has 230 valence electrons. The Kier molecular flexibility index (Phi) is 36.2. The third-order valence-corrected chi connectivity index (χ3v) is 7.44. The quantitative estimate of drug-likeness (QED) is 0.185. The second-order valence-corrected chi connectivity index (χ2v) is 13.0. The van der Waals surface area contributed by atoms with Gasteiger partial charge in [0.2, 0.25) is 0 Å². The predicted molar refractivity (Wildman–Crippen MR) is 177 cm³/mol. The number of hydrogen-bond donors (Lipinski definition) is 0. The van der Waals surface area contributed by atoms with E-state index in [1.54, 1.807) is 0 Å². The van der Waals surface area contributed by atoms with Crippen molar-refractivity contribution in [3.05, 3.63) is 0 Å². The summed E-state index contributed by atoms with van der Waals surface area (Å²) in [6, 6.07) is 0. The van der Waals surface area contributed by atoms with Gasteiger partial charge in [0.15, 0.2) is 0 Å². The average molecular weight is 529 g/mol. The Labute approximate surface area is 240 Å². The van der Waals surface area contributed by atoms with Gasteiger partial charge in [-0.25, -0.2) is 0 Å². The van der Waals surface area contributed by atoms with Crippen LogP contribution in [-0.2, 0) is 0 Å². The van der Waals surface area contributed by atoms with Crippen LogP contribution in [0, 0.1) is 29.1 Å². The van der Waals surface area contributed by atoms with Crippen LogP contribution in [0.2, 0.25) is 0 Å². The summed E-state index contributed by atoms with van der Waals surface area (Å²) in [5.74, 6) is 3.30. The lowest BCUT2D eigenvalue weighted by Gasteiger charge is -2.27. The van der Waals surface area contributed by atoms with Crippen molar-refractivity contribution in [3.63, 3.8) is 0 Å². The lowest BCUT2D eigenvalue weighted by molar-refractivity contribution is 0.198. The SMILES string of the molecule is CC(C)CN(CC(C)C)CC(C)C.CCC(C)(CC)CC.CCC(C)CC.CCCN(CCC)CCC. The Morgan fingerprint density at radius 1 is 0.459 bits per heavy atom. The van der Waals surface area contributed by atoms with Crippen LogP contribution in [-0.4, -0.2) is 49.1 Å². The van der Waals surface area contributed by atoms with Crippen LogP contribution in [0.3, 0.4) is 0 Å². The summed E-state index contributed by atoms with van der Waals surface area (Å²) in [6.45, 7) is 44.0. The summed E-state index contributed by atoms with van der Waals surface area (Å²) in [4.78, 5) is 5.14. The highest BCUT2D eigenvalue weighted by Crippen LogP contribution is 2.28. The maximum absolute atomic E-state index is 2.60. The van der Waals surface area contributed by atoms with Gasteiger partial charge in [0.1, 0.15) is 0 Å². The molecule has 0 aliphatic heterocycles. The van der Waals surface area contributed by atoms with Gasteiger partial charge in [-0.15, -0.1) is 0 Å². The Morgan fingerprint density at radius 3 is 0.838 bits per heavy atom. The molecule has 0 aliphatic rings. The molecule has 0 N–H and O–H groups in total. The molecule has 0 fully saturated rings. The fourth-order valence-corrected chi connectivity index (χ4v) is 4.10. The molecule has 2 nitrogen and oxygen atoms in total. The van der Waals surface area contributed by atoms with E-state index in [1.165, 1.54) is 90.6 Å². The summed E-state index contributed by atoms with van der Waals surface area (Å²) in [5, 5.41) is 0. The molecule has 0 aromatic carbocycles. The zero-order valence-corrected chi connectivity index (χ0v) is 29.6. The van der Waals surface area contributed by atoms with Crippen molar-refractivity contribution < 1.29 is 0 Å². The minimum Gasteiger partial charge on any atom is -0.303 e. The number of hydrogen-bond acceptors (Lipinski definition) is 2.